The lowest BCUT2D eigenvalue weighted by Gasteiger charge is -2.19. The molecule has 5 heteroatoms. The molecular formula is C14H22N2O3. The Morgan fingerprint density at radius 1 is 1.32 bits per heavy atom. The number of nitrogens with one attached hydrogen (secondary N) is 1. The number of nitrogens with zero attached hydrogens (tertiary/aromatic N) is 1. The third-order valence-corrected chi connectivity index (χ3v) is 2.86. The van der Waals surface area contributed by atoms with E-state index in [0.717, 1.165) is 19.6 Å². The zero-order valence-electron chi connectivity index (χ0n) is 11.6. The lowest BCUT2D eigenvalue weighted by atomic mass is 10.3. The first-order valence-electron chi connectivity index (χ1n) is 6.56. The van der Waals surface area contributed by atoms with Gasteiger partial charge in [-0.2, -0.15) is 0 Å². The Bertz CT molecular complexity index is 392. The normalized spacial score (nSPS) is 10.5. The Kier molecular flexibility index (Phi) is 6.92. The Morgan fingerprint density at radius 3 is 2.63 bits per heavy atom. The lowest BCUT2D eigenvalue weighted by molar-refractivity contribution is -0.118. The van der Waals surface area contributed by atoms with Gasteiger partial charge >= 0.3 is 0 Å². The van der Waals surface area contributed by atoms with E-state index in [1.54, 1.807) is 12.1 Å². The van der Waals surface area contributed by atoms with Crippen LogP contribution >= 0.6 is 0 Å². The molecule has 1 aromatic carbocycles. The number of aliphatic hydroxyl groups is 1. The molecule has 19 heavy (non-hydrogen) atoms. The van der Waals surface area contributed by atoms with Gasteiger partial charge in [-0.25, -0.2) is 0 Å². The molecule has 0 aliphatic carbocycles. The van der Waals surface area contributed by atoms with Gasteiger partial charge in [-0.1, -0.05) is 26.0 Å². The molecule has 0 aromatic heterocycles. The second-order valence-corrected chi connectivity index (χ2v) is 4.08. The van der Waals surface area contributed by atoms with Crippen molar-refractivity contribution in [3.8, 4) is 5.75 Å². The maximum Gasteiger partial charge on any atom is 0.250 e. The number of hydrogen-bond donors (Lipinski definition) is 2. The van der Waals surface area contributed by atoms with E-state index < -0.39 is 12.5 Å². The van der Waals surface area contributed by atoms with E-state index in [9.17, 15) is 4.79 Å². The van der Waals surface area contributed by atoms with Gasteiger partial charge in [0, 0.05) is 6.54 Å². The predicted octanol–water partition coefficient (Wildman–Crippen LogP) is 1.34. The molecule has 0 saturated carbocycles. The minimum Gasteiger partial charge on any atom is -0.490 e. The summed E-state index contributed by atoms with van der Waals surface area (Å²) in [6.07, 6.45) is 0. The molecule has 1 amide bonds. The molecule has 0 atom stereocenters. The van der Waals surface area contributed by atoms with E-state index in [0.29, 0.717) is 18.0 Å². The molecule has 0 aliphatic rings. The molecule has 0 saturated heterocycles. The van der Waals surface area contributed by atoms with Crippen molar-refractivity contribution in [3.05, 3.63) is 24.3 Å². The number of para-hydroxylation sites is 2. The maximum atomic E-state index is 11.2. The second-order valence-electron chi connectivity index (χ2n) is 4.08. The zero-order valence-corrected chi connectivity index (χ0v) is 11.6. The highest BCUT2D eigenvalue weighted by atomic mass is 16.5. The molecule has 0 bridgehead atoms. The van der Waals surface area contributed by atoms with E-state index >= 15 is 0 Å². The molecule has 106 valence electrons. The van der Waals surface area contributed by atoms with Crippen LogP contribution in [0.25, 0.3) is 0 Å². The number of aliphatic hydroxyl groups excluding tert-OH is 1. The van der Waals surface area contributed by atoms with Crippen molar-refractivity contribution in [2.45, 2.75) is 13.8 Å². The van der Waals surface area contributed by atoms with Crippen molar-refractivity contribution in [1.29, 1.82) is 0 Å². The summed E-state index contributed by atoms with van der Waals surface area (Å²) in [4.78, 5) is 13.4. The van der Waals surface area contributed by atoms with Crippen LogP contribution in [0.3, 0.4) is 0 Å². The molecule has 0 spiro atoms. The number of carbonyl (C=O) groups is 1. The van der Waals surface area contributed by atoms with Crippen LogP contribution in [0.5, 0.6) is 5.75 Å². The average Bonchev–Trinajstić information content (AvgIpc) is 2.45. The van der Waals surface area contributed by atoms with Gasteiger partial charge in [0.2, 0.25) is 5.91 Å². The first kappa shape index (κ1) is 15.5. The number of benzene rings is 1. The SMILES string of the molecule is CCN(CC)CCOc1ccccc1NC(=O)CO. The van der Waals surface area contributed by atoms with Gasteiger partial charge in [0.05, 0.1) is 5.69 Å². The number of carbonyl (C=O) groups excluding carboxylic acids is 1. The van der Waals surface area contributed by atoms with Crippen molar-refractivity contribution in [3.63, 3.8) is 0 Å². The number of likely N-dealkylation sites (N-methyl/N-ethyl adjacent to an activating group) is 1. The Hall–Kier alpha value is -1.59. The standard InChI is InChI=1S/C14H22N2O3/c1-3-16(4-2)9-10-19-13-8-6-5-7-12(13)15-14(18)11-17/h5-8,17H,3-4,9-11H2,1-2H3,(H,15,18). The average molecular weight is 266 g/mol. The van der Waals surface area contributed by atoms with Crippen LogP contribution in [0.15, 0.2) is 24.3 Å². The summed E-state index contributed by atoms with van der Waals surface area (Å²) in [5.74, 6) is 0.177. The van der Waals surface area contributed by atoms with Gasteiger partial charge in [-0.05, 0) is 25.2 Å². The van der Waals surface area contributed by atoms with Gasteiger partial charge < -0.3 is 20.1 Å². The van der Waals surface area contributed by atoms with Crippen LogP contribution in [-0.2, 0) is 4.79 Å². The van der Waals surface area contributed by atoms with Crippen LogP contribution in [0.2, 0.25) is 0 Å². The van der Waals surface area contributed by atoms with Crippen molar-refractivity contribution in [2.75, 3.05) is 38.2 Å². The monoisotopic (exact) mass is 266 g/mol. The summed E-state index contributed by atoms with van der Waals surface area (Å²) >= 11 is 0. The topological polar surface area (TPSA) is 61.8 Å². The molecular weight excluding hydrogens is 244 g/mol. The van der Waals surface area contributed by atoms with E-state index in [1.807, 2.05) is 12.1 Å². The van der Waals surface area contributed by atoms with Gasteiger partial charge in [-0.15, -0.1) is 0 Å². The zero-order chi connectivity index (χ0) is 14.1. The molecule has 0 radical (unpaired) electrons. The van der Waals surface area contributed by atoms with Gasteiger partial charge in [0.25, 0.3) is 0 Å². The molecule has 0 aliphatic heterocycles. The fourth-order valence-corrected chi connectivity index (χ4v) is 1.71. The Labute approximate surface area is 114 Å². The Balaban J connectivity index is 2.55. The number of anilines is 1. The van der Waals surface area contributed by atoms with Crippen LogP contribution in [0.4, 0.5) is 5.69 Å². The van der Waals surface area contributed by atoms with Crippen molar-refractivity contribution in [1.82, 2.24) is 4.90 Å². The molecule has 0 heterocycles. The highest BCUT2D eigenvalue weighted by molar-refractivity contribution is 5.92. The minimum absolute atomic E-state index is 0.445. The summed E-state index contributed by atoms with van der Waals surface area (Å²) < 4.78 is 5.68. The quantitative estimate of drug-likeness (QED) is 0.745. The van der Waals surface area contributed by atoms with Crippen LogP contribution in [0, 0.1) is 0 Å². The molecule has 1 aromatic rings. The Morgan fingerprint density at radius 2 is 2.00 bits per heavy atom. The maximum absolute atomic E-state index is 11.2. The van der Waals surface area contributed by atoms with Crippen molar-refractivity contribution in [2.24, 2.45) is 0 Å². The predicted molar refractivity (Wildman–Crippen MR) is 75.4 cm³/mol. The summed E-state index contributed by atoms with van der Waals surface area (Å²) in [5.41, 5.74) is 0.584. The first-order chi connectivity index (χ1) is 9.21. The van der Waals surface area contributed by atoms with Crippen molar-refractivity contribution < 1.29 is 14.6 Å². The number of amides is 1. The molecule has 5 nitrogen and oxygen atoms in total. The van der Waals surface area contributed by atoms with E-state index in [2.05, 4.69) is 24.1 Å². The molecule has 1 rings (SSSR count). The summed E-state index contributed by atoms with van der Waals surface area (Å²) in [5, 5.41) is 11.3. The third-order valence-electron chi connectivity index (χ3n) is 2.86. The summed E-state index contributed by atoms with van der Waals surface area (Å²) in [7, 11) is 0. The van der Waals surface area contributed by atoms with Crippen LogP contribution in [-0.4, -0.2) is 48.8 Å². The number of ether oxygens (including phenoxy) is 1. The van der Waals surface area contributed by atoms with Gasteiger partial charge in [0.1, 0.15) is 19.0 Å². The second kappa shape index (κ2) is 8.50. The third kappa shape index (κ3) is 5.28. The highest BCUT2D eigenvalue weighted by Gasteiger charge is 2.07. The smallest absolute Gasteiger partial charge is 0.250 e. The first-order valence-corrected chi connectivity index (χ1v) is 6.56. The minimum atomic E-state index is -0.534. The van der Waals surface area contributed by atoms with E-state index in [-0.39, 0.29) is 0 Å². The number of hydrogen-bond acceptors (Lipinski definition) is 4. The highest BCUT2D eigenvalue weighted by Crippen LogP contribution is 2.23. The molecule has 0 unspecified atom stereocenters. The largest absolute Gasteiger partial charge is 0.490 e. The van der Waals surface area contributed by atoms with Crippen molar-refractivity contribution >= 4 is 11.6 Å². The summed E-state index contributed by atoms with van der Waals surface area (Å²) in [6, 6.07) is 7.21. The van der Waals surface area contributed by atoms with Gasteiger partial charge in [-0.3, -0.25) is 4.79 Å². The van der Waals surface area contributed by atoms with E-state index in [4.69, 9.17) is 9.84 Å². The molecule has 2 N–H and O–H groups in total. The van der Waals surface area contributed by atoms with Gasteiger partial charge in [0.15, 0.2) is 0 Å². The fraction of sp³-hybridized carbons (Fsp3) is 0.500. The fourth-order valence-electron chi connectivity index (χ4n) is 1.71. The van der Waals surface area contributed by atoms with Crippen LogP contribution in [0.1, 0.15) is 13.8 Å². The number of rotatable bonds is 8. The van der Waals surface area contributed by atoms with E-state index in [1.165, 1.54) is 0 Å². The lowest BCUT2D eigenvalue weighted by Crippen LogP contribution is -2.28. The summed E-state index contributed by atoms with van der Waals surface area (Å²) in [6.45, 7) is 7.07. The van der Waals surface area contributed by atoms with Crippen LogP contribution < -0.4 is 10.1 Å². The molecule has 0 fully saturated rings.